The van der Waals surface area contributed by atoms with Crippen LogP contribution in [0, 0.1) is 12.3 Å². The Morgan fingerprint density at radius 1 is 1.06 bits per heavy atom. The molecule has 0 aliphatic carbocycles. The lowest BCUT2D eigenvalue weighted by Gasteiger charge is -2.46. The number of carbonyl (C=O) groups excluding carboxylic acids is 2. The molecule has 0 bridgehead atoms. The zero-order valence-electron chi connectivity index (χ0n) is 18.2. The highest BCUT2D eigenvalue weighted by atomic mass is 35.5. The molecule has 3 aromatic carbocycles. The number of methoxy groups -OCH3 is 1. The Morgan fingerprint density at radius 3 is 2.59 bits per heavy atom. The Kier molecular flexibility index (Phi) is 5.51. The quantitative estimate of drug-likeness (QED) is 0.494. The number of halogens is 2. The molecule has 1 spiro atoms. The van der Waals surface area contributed by atoms with Gasteiger partial charge in [-0.15, -0.1) is 6.42 Å². The molecule has 7 heteroatoms. The van der Waals surface area contributed by atoms with Crippen LogP contribution in [0.1, 0.15) is 40.6 Å². The van der Waals surface area contributed by atoms with Crippen LogP contribution in [-0.2, 0) is 15.0 Å². The van der Waals surface area contributed by atoms with Gasteiger partial charge in [-0.3, -0.25) is 9.59 Å². The SMILES string of the molecule is C#Cc1ccc(OC)c([C@H]2NC(=O)C[C@@H](c3cccc(Cl)c3)[C@]23C(=O)Nc2cc(Cl)ccc23)c1. The Hall–Kier alpha value is -3.46. The molecular formula is C27H20Cl2N2O3. The molecule has 3 aromatic rings. The monoisotopic (exact) mass is 490 g/mol. The molecule has 0 aromatic heterocycles. The number of nitrogens with one attached hydrogen (secondary N) is 2. The van der Waals surface area contributed by atoms with Gasteiger partial charge in [0, 0.05) is 39.2 Å². The fourth-order valence-corrected chi connectivity index (χ4v) is 5.69. The van der Waals surface area contributed by atoms with Gasteiger partial charge in [0.15, 0.2) is 0 Å². The molecule has 2 heterocycles. The maximum Gasteiger partial charge on any atom is 0.238 e. The molecule has 5 rings (SSSR count). The Labute approximate surface area is 207 Å². The van der Waals surface area contributed by atoms with Gasteiger partial charge < -0.3 is 15.4 Å². The van der Waals surface area contributed by atoms with Crippen molar-refractivity contribution in [1.29, 1.82) is 0 Å². The normalized spacial score (nSPS) is 23.1. The van der Waals surface area contributed by atoms with E-state index in [1.54, 1.807) is 49.6 Å². The van der Waals surface area contributed by atoms with Gasteiger partial charge in [-0.2, -0.15) is 0 Å². The van der Waals surface area contributed by atoms with E-state index in [4.69, 9.17) is 34.4 Å². The topological polar surface area (TPSA) is 67.4 Å². The predicted molar refractivity (Wildman–Crippen MR) is 132 cm³/mol. The Bertz CT molecular complexity index is 1380. The van der Waals surface area contributed by atoms with Crippen LogP contribution in [0.15, 0.2) is 60.7 Å². The molecular weight excluding hydrogens is 471 g/mol. The van der Waals surface area contributed by atoms with E-state index in [2.05, 4.69) is 16.6 Å². The van der Waals surface area contributed by atoms with Gasteiger partial charge in [0.05, 0.1) is 13.2 Å². The summed E-state index contributed by atoms with van der Waals surface area (Å²) in [6, 6.07) is 17.1. The molecule has 2 N–H and O–H groups in total. The van der Waals surface area contributed by atoms with Gasteiger partial charge >= 0.3 is 0 Å². The summed E-state index contributed by atoms with van der Waals surface area (Å²) >= 11 is 12.6. The van der Waals surface area contributed by atoms with Crippen LogP contribution in [0.2, 0.25) is 10.0 Å². The highest BCUT2D eigenvalue weighted by molar-refractivity contribution is 6.31. The van der Waals surface area contributed by atoms with E-state index in [9.17, 15) is 9.59 Å². The number of amides is 2. The van der Waals surface area contributed by atoms with Crippen LogP contribution in [0.5, 0.6) is 5.75 Å². The van der Waals surface area contributed by atoms with Crippen molar-refractivity contribution in [2.75, 3.05) is 12.4 Å². The van der Waals surface area contributed by atoms with Crippen LogP contribution in [-0.4, -0.2) is 18.9 Å². The van der Waals surface area contributed by atoms with Crippen LogP contribution in [0.25, 0.3) is 0 Å². The molecule has 0 unspecified atom stereocenters. The highest BCUT2D eigenvalue weighted by Gasteiger charge is 2.61. The standard InChI is InChI=1S/C27H20Cl2N2O3/c1-3-15-7-10-23(34-2)19(11-15)25-27(20-9-8-18(29)13-22(20)30-26(27)33)21(14-24(32)31-25)16-5-4-6-17(28)12-16/h1,4-13,21,25H,14H2,2H3,(H,30,33)(H,31,32)/t21-,25+,27-/m0/s1. The first-order valence-corrected chi connectivity index (χ1v) is 11.4. The van der Waals surface area contributed by atoms with Crippen molar-refractivity contribution < 1.29 is 14.3 Å². The largest absolute Gasteiger partial charge is 0.496 e. The molecule has 3 atom stereocenters. The van der Waals surface area contributed by atoms with Crippen molar-refractivity contribution in [3.05, 3.63) is 93.0 Å². The zero-order chi connectivity index (χ0) is 24.0. The van der Waals surface area contributed by atoms with E-state index >= 15 is 0 Å². The number of hydrogen-bond donors (Lipinski definition) is 2. The van der Waals surface area contributed by atoms with Crippen molar-refractivity contribution in [2.45, 2.75) is 23.8 Å². The molecule has 170 valence electrons. The third-order valence-electron chi connectivity index (χ3n) is 6.71. The smallest absolute Gasteiger partial charge is 0.238 e. The van der Waals surface area contributed by atoms with Crippen LogP contribution in [0.4, 0.5) is 5.69 Å². The van der Waals surface area contributed by atoms with E-state index in [1.165, 1.54) is 0 Å². The first-order valence-electron chi connectivity index (χ1n) is 10.7. The lowest BCUT2D eigenvalue weighted by molar-refractivity contribution is -0.131. The second kappa shape index (κ2) is 8.39. The second-order valence-electron chi connectivity index (χ2n) is 8.43. The molecule has 0 saturated carbocycles. The van der Waals surface area contributed by atoms with Crippen molar-refractivity contribution >= 4 is 40.7 Å². The summed E-state index contributed by atoms with van der Waals surface area (Å²) in [5.41, 5.74) is 2.18. The van der Waals surface area contributed by atoms with E-state index in [0.29, 0.717) is 32.6 Å². The van der Waals surface area contributed by atoms with Crippen LogP contribution >= 0.6 is 23.2 Å². The minimum absolute atomic E-state index is 0.101. The lowest BCUT2D eigenvalue weighted by atomic mass is 9.59. The fraction of sp³-hybridized carbons (Fsp3) is 0.185. The number of rotatable bonds is 3. The van der Waals surface area contributed by atoms with E-state index in [0.717, 1.165) is 11.1 Å². The molecule has 34 heavy (non-hydrogen) atoms. The van der Waals surface area contributed by atoms with Gasteiger partial charge in [0.2, 0.25) is 11.8 Å². The summed E-state index contributed by atoms with van der Waals surface area (Å²) in [6.45, 7) is 0. The van der Waals surface area contributed by atoms with Crippen molar-refractivity contribution in [2.24, 2.45) is 0 Å². The van der Waals surface area contributed by atoms with Crippen molar-refractivity contribution in [3.8, 4) is 18.1 Å². The van der Waals surface area contributed by atoms with Crippen LogP contribution < -0.4 is 15.4 Å². The first kappa shape index (κ1) is 22.3. The number of ether oxygens (including phenoxy) is 1. The molecule has 5 nitrogen and oxygen atoms in total. The van der Waals surface area contributed by atoms with Gasteiger partial charge in [-0.25, -0.2) is 0 Å². The summed E-state index contributed by atoms with van der Waals surface area (Å²) in [6.07, 6.45) is 5.78. The summed E-state index contributed by atoms with van der Waals surface area (Å²) in [4.78, 5) is 27.1. The van der Waals surface area contributed by atoms with E-state index in [-0.39, 0.29) is 18.2 Å². The van der Waals surface area contributed by atoms with Gasteiger partial charge in [0.1, 0.15) is 11.2 Å². The van der Waals surface area contributed by atoms with E-state index in [1.807, 2.05) is 18.2 Å². The molecule has 2 aliphatic heterocycles. The number of benzene rings is 3. The number of carbonyl (C=O) groups is 2. The molecule has 2 aliphatic rings. The Morgan fingerprint density at radius 2 is 1.85 bits per heavy atom. The second-order valence-corrected chi connectivity index (χ2v) is 9.30. The molecule has 1 fully saturated rings. The van der Waals surface area contributed by atoms with Gasteiger partial charge in [-0.1, -0.05) is 47.3 Å². The van der Waals surface area contributed by atoms with Crippen LogP contribution in [0.3, 0.4) is 0 Å². The average Bonchev–Trinajstić information content (AvgIpc) is 3.11. The maximum atomic E-state index is 14.0. The summed E-state index contributed by atoms with van der Waals surface area (Å²) < 4.78 is 5.64. The number of hydrogen-bond acceptors (Lipinski definition) is 3. The summed E-state index contributed by atoms with van der Waals surface area (Å²) in [5.74, 6) is 2.21. The first-order chi connectivity index (χ1) is 16.4. The summed E-state index contributed by atoms with van der Waals surface area (Å²) in [5, 5.41) is 7.11. The maximum absolute atomic E-state index is 14.0. The minimum atomic E-state index is -1.20. The number of anilines is 1. The van der Waals surface area contributed by atoms with Crippen molar-refractivity contribution in [3.63, 3.8) is 0 Å². The third-order valence-corrected chi connectivity index (χ3v) is 7.18. The predicted octanol–water partition coefficient (Wildman–Crippen LogP) is 5.22. The number of fused-ring (bicyclic) bond motifs is 2. The van der Waals surface area contributed by atoms with Crippen molar-refractivity contribution in [1.82, 2.24) is 5.32 Å². The number of piperidine rings is 1. The Balaban J connectivity index is 1.84. The molecule has 1 saturated heterocycles. The van der Waals surface area contributed by atoms with E-state index < -0.39 is 17.4 Å². The zero-order valence-corrected chi connectivity index (χ0v) is 19.7. The molecule has 2 amide bonds. The van der Waals surface area contributed by atoms with Gasteiger partial charge in [0.25, 0.3) is 0 Å². The average molecular weight is 491 g/mol. The molecule has 0 radical (unpaired) electrons. The third kappa shape index (κ3) is 3.34. The number of terminal acetylenes is 1. The summed E-state index contributed by atoms with van der Waals surface area (Å²) in [7, 11) is 1.54. The lowest BCUT2D eigenvalue weighted by Crippen LogP contribution is -2.56. The minimum Gasteiger partial charge on any atom is -0.496 e. The fourth-order valence-electron chi connectivity index (χ4n) is 5.32. The highest BCUT2D eigenvalue weighted by Crippen LogP contribution is 2.58. The van der Waals surface area contributed by atoms with Gasteiger partial charge in [-0.05, 0) is 53.6 Å².